The zero-order valence-electron chi connectivity index (χ0n) is 11.7. The number of hydrogen-bond acceptors (Lipinski definition) is 4. The summed E-state index contributed by atoms with van der Waals surface area (Å²) in [4.78, 5) is 19.5. The molecule has 3 aromatic heterocycles. The van der Waals surface area contributed by atoms with Crippen LogP contribution in [0.4, 0.5) is 5.82 Å². The van der Waals surface area contributed by atoms with Gasteiger partial charge in [-0.1, -0.05) is 6.92 Å². The van der Waals surface area contributed by atoms with Gasteiger partial charge in [0.25, 0.3) is 5.91 Å². The highest BCUT2D eigenvalue weighted by atomic mass is 32.1. The van der Waals surface area contributed by atoms with E-state index in [1.54, 1.807) is 23.6 Å². The lowest BCUT2D eigenvalue weighted by Crippen LogP contribution is -2.12. The third kappa shape index (κ3) is 2.87. The molecule has 0 saturated heterocycles. The molecule has 0 bridgehead atoms. The first-order chi connectivity index (χ1) is 10.2. The van der Waals surface area contributed by atoms with Crippen LogP contribution in [0.5, 0.6) is 0 Å². The molecule has 1 amide bonds. The molecule has 0 fully saturated rings. The summed E-state index contributed by atoms with van der Waals surface area (Å²) >= 11 is 1.59. The Balaban J connectivity index is 1.75. The van der Waals surface area contributed by atoms with Crippen molar-refractivity contribution in [1.82, 2.24) is 20.2 Å². The smallest absolute Gasteiger partial charge is 0.273 e. The minimum Gasteiger partial charge on any atom is -0.357 e. The first kappa shape index (κ1) is 13.6. The van der Waals surface area contributed by atoms with Gasteiger partial charge in [-0.05, 0) is 19.4 Å². The van der Waals surface area contributed by atoms with Crippen molar-refractivity contribution >= 4 is 23.1 Å². The van der Waals surface area contributed by atoms with Gasteiger partial charge in [-0.15, -0.1) is 11.3 Å². The molecule has 0 spiro atoms. The minimum atomic E-state index is -0.220. The van der Waals surface area contributed by atoms with Crippen molar-refractivity contribution in [2.24, 2.45) is 0 Å². The van der Waals surface area contributed by atoms with Crippen molar-refractivity contribution in [1.29, 1.82) is 0 Å². The van der Waals surface area contributed by atoms with Gasteiger partial charge in [0.2, 0.25) is 0 Å². The van der Waals surface area contributed by atoms with Crippen molar-refractivity contribution in [3.63, 3.8) is 0 Å². The van der Waals surface area contributed by atoms with Crippen LogP contribution in [0.25, 0.3) is 11.3 Å². The molecule has 3 rings (SSSR count). The Labute approximate surface area is 125 Å². The molecule has 0 saturated carbocycles. The molecule has 21 heavy (non-hydrogen) atoms. The molecule has 3 aromatic rings. The van der Waals surface area contributed by atoms with E-state index in [0.717, 1.165) is 28.4 Å². The van der Waals surface area contributed by atoms with Gasteiger partial charge in [0.05, 0.1) is 10.7 Å². The molecule has 6 nitrogen and oxygen atoms in total. The highest BCUT2D eigenvalue weighted by Crippen LogP contribution is 2.22. The van der Waals surface area contributed by atoms with Crippen LogP contribution in [0, 0.1) is 6.92 Å². The summed E-state index contributed by atoms with van der Waals surface area (Å²) in [5.41, 5.74) is 3.24. The summed E-state index contributed by atoms with van der Waals surface area (Å²) in [6.07, 6.45) is 2.63. The molecule has 3 heterocycles. The van der Waals surface area contributed by atoms with Gasteiger partial charge in [0.15, 0.2) is 5.82 Å². The summed E-state index contributed by atoms with van der Waals surface area (Å²) in [5, 5.41) is 12.6. The third-order valence-electron chi connectivity index (χ3n) is 3.10. The fourth-order valence-corrected chi connectivity index (χ4v) is 2.58. The van der Waals surface area contributed by atoms with Gasteiger partial charge in [0, 0.05) is 28.9 Å². The first-order valence-corrected chi connectivity index (χ1v) is 7.50. The second-order valence-corrected chi connectivity index (χ2v) is 5.70. The maximum absolute atomic E-state index is 12.1. The van der Waals surface area contributed by atoms with Gasteiger partial charge >= 0.3 is 0 Å². The van der Waals surface area contributed by atoms with E-state index in [9.17, 15) is 4.79 Å². The Morgan fingerprint density at radius 1 is 1.43 bits per heavy atom. The lowest BCUT2D eigenvalue weighted by molar-refractivity contribution is 0.102. The molecular weight excluding hydrogens is 286 g/mol. The molecular formula is C14H15N5OS. The Bertz CT molecular complexity index is 770. The molecule has 0 atom stereocenters. The average Bonchev–Trinajstić information content (AvgIpc) is 3.17. The third-order valence-corrected chi connectivity index (χ3v) is 3.87. The molecule has 0 unspecified atom stereocenters. The molecule has 0 aliphatic heterocycles. The zero-order valence-corrected chi connectivity index (χ0v) is 12.5. The second kappa shape index (κ2) is 5.53. The summed E-state index contributed by atoms with van der Waals surface area (Å²) in [6.45, 7) is 3.98. The number of hydrogen-bond donors (Lipinski definition) is 3. The topological polar surface area (TPSA) is 86.5 Å². The van der Waals surface area contributed by atoms with Crippen molar-refractivity contribution in [3.05, 3.63) is 40.1 Å². The van der Waals surface area contributed by atoms with E-state index in [1.165, 1.54) is 0 Å². The lowest BCUT2D eigenvalue weighted by atomic mass is 10.2. The molecule has 0 aliphatic rings. The fourth-order valence-electron chi connectivity index (χ4n) is 1.96. The van der Waals surface area contributed by atoms with E-state index in [2.05, 4.69) is 25.5 Å². The van der Waals surface area contributed by atoms with E-state index in [1.807, 2.05) is 25.3 Å². The minimum absolute atomic E-state index is 0.220. The van der Waals surface area contributed by atoms with Crippen molar-refractivity contribution in [2.45, 2.75) is 20.3 Å². The maximum Gasteiger partial charge on any atom is 0.273 e. The summed E-state index contributed by atoms with van der Waals surface area (Å²) < 4.78 is 0. The second-order valence-electron chi connectivity index (χ2n) is 4.64. The number of carbonyl (C=O) groups excluding carboxylic acids is 1. The number of aromatic nitrogens is 4. The summed E-state index contributed by atoms with van der Waals surface area (Å²) in [5.74, 6) is 0.305. The molecule has 0 aromatic carbocycles. The molecule has 7 heteroatoms. The number of anilines is 1. The monoisotopic (exact) mass is 301 g/mol. The summed E-state index contributed by atoms with van der Waals surface area (Å²) in [7, 11) is 0. The van der Waals surface area contributed by atoms with Crippen LogP contribution in [-0.2, 0) is 6.42 Å². The molecule has 0 aliphatic carbocycles. The highest BCUT2D eigenvalue weighted by Gasteiger charge is 2.12. The van der Waals surface area contributed by atoms with Crippen LogP contribution in [0.15, 0.2) is 23.7 Å². The van der Waals surface area contributed by atoms with E-state index in [4.69, 9.17) is 0 Å². The van der Waals surface area contributed by atoms with Gasteiger partial charge in [-0.25, -0.2) is 4.98 Å². The van der Waals surface area contributed by atoms with E-state index < -0.39 is 0 Å². The number of H-pyrrole nitrogens is 2. The van der Waals surface area contributed by atoms with Crippen molar-refractivity contribution in [2.75, 3.05) is 5.32 Å². The normalized spacial score (nSPS) is 10.8. The molecule has 0 radical (unpaired) electrons. The standard InChI is InChI=1S/C14H15N5OS/c1-3-10-5-13(19-18-10)17-14(20)11-4-9(6-15-11)12-7-21-8(2)16-12/h4-7,15H,3H2,1-2H3,(H2,17,18,19,20). The quantitative estimate of drug-likeness (QED) is 0.692. The first-order valence-electron chi connectivity index (χ1n) is 6.62. The van der Waals surface area contributed by atoms with E-state index in [-0.39, 0.29) is 5.91 Å². The number of amides is 1. The number of aryl methyl sites for hydroxylation is 2. The zero-order chi connectivity index (χ0) is 14.8. The van der Waals surface area contributed by atoms with Gasteiger partial charge in [-0.2, -0.15) is 5.10 Å². The Hall–Kier alpha value is -2.41. The average molecular weight is 301 g/mol. The fraction of sp³-hybridized carbons (Fsp3) is 0.214. The summed E-state index contributed by atoms with van der Waals surface area (Å²) in [6, 6.07) is 3.61. The van der Waals surface area contributed by atoms with Crippen molar-refractivity contribution < 1.29 is 4.79 Å². The Morgan fingerprint density at radius 3 is 2.95 bits per heavy atom. The van der Waals surface area contributed by atoms with Gasteiger partial charge in [-0.3, -0.25) is 9.89 Å². The van der Waals surface area contributed by atoms with Crippen LogP contribution in [0.2, 0.25) is 0 Å². The lowest BCUT2D eigenvalue weighted by Gasteiger charge is -1.97. The number of nitrogens with one attached hydrogen (secondary N) is 3. The molecule has 3 N–H and O–H groups in total. The van der Waals surface area contributed by atoms with Crippen LogP contribution in [0.1, 0.15) is 28.1 Å². The number of thiazole rings is 1. The Kier molecular flexibility index (Phi) is 3.57. The largest absolute Gasteiger partial charge is 0.357 e. The number of carbonyl (C=O) groups is 1. The van der Waals surface area contributed by atoms with E-state index in [0.29, 0.717) is 11.5 Å². The SMILES string of the molecule is CCc1cc(NC(=O)c2cc(-c3csc(C)n3)c[nH]2)n[nH]1. The van der Waals surface area contributed by atoms with Crippen LogP contribution < -0.4 is 5.32 Å². The van der Waals surface area contributed by atoms with Crippen LogP contribution >= 0.6 is 11.3 Å². The predicted octanol–water partition coefficient (Wildman–Crippen LogP) is 2.98. The van der Waals surface area contributed by atoms with Crippen LogP contribution in [0.3, 0.4) is 0 Å². The highest BCUT2D eigenvalue weighted by molar-refractivity contribution is 7.09. The van der Waals surface area contributed by atoms with Gasteiger partial charge < -0.3 is 10.3 Å². The van der Waals surface area contributed by atoms with Crippen molar-refractivity contribution in [3.8, 4) is 11.3 Å². The Morgan fingerprint density at radius 2 is 2.29 bits per heavy atom. The molecule has 108 valence electrons. The number of rotatable bonds is 4. The van der Waals surface area contributed by atoms with Crippen LogP contribution in [-0.4, -0.2) is 26.1 Å². The maximum atomic E-state index is 12.1. The van der Waals surface area contributed by atoms with E-state index >= 15 is 0 Å². The predicted molar refractivity (Wildman–Crippen MR) is 82.6 cm³/mol. The number of aromatic amines is 2. The van der Waals surface area contributed by atoms with Gasteiger partial charge in [0.1, 0.15) is 5.69 Å². The number of nitrogens with zero attached hydrogens (tertiary/aromatic N) is 2.